The van der Waals surface area contributed by atoms with Gasteiger partial charge in [-0.3, -0.25) is 24.6 Å². The molecule has 0 radical (unpaired) electrons. The van der Waals surface area contributed by atoms with Crippen molar-refractivity contribution in [3.63, 3.8) is 0 Å². The van der Waals surface area contributed by atoms with Crippen molar-refractivity contribution in [2.45, 2.75) is 31.1 Å². The van der Waals surface area contributed by atoms with Crippen LogP contribution in [-0.4, -0.2) is 39.9 Å². The van der Waals surface area contributed by atoms with Crippen molar-refractivity contribution in [2.75, 3.05) is 13.1 Å². The minimum Gasteiger partial charge on any atom is -0.273 e. The Morgan fingerprint density at radius 2 is 1.81 bits per heavy atom. The zero-order chi connectivity index (χ0) is 18.1. The zero-order valence-corrected chi connectivity index (χ0v) is 16.0. The van der Waals surface area contributed by atoms with Crippen LogP contribution in [0.3, 0.4) is 0 Å². The smallest absolute Gasteiger partial charge is 0.251 e. The fourth-order valence-electron chi connectivity index (χ4n) is 3.66. The summed E-state index contributed by atoms with van der Waals surface area (Å²) in [7, 11) is 0. The molecule has 1 saturated heterocycles. The average Bonchev–Trinajstić information content (AvgIpc) is 3.31. The van der Waals surface area contributed by atoms with E-state index in [0.717, 1.165) is 34.9 Å². The Kier molecular flexibility index (Phi) is 4.53. The summed E-state index contributed by atoms with van der Waals surface area (Å²) in [6, 6.07) is 11.8. The SMILES string of the molecule is O=C(Cc1cncc(Br)c1)N1CCCN1C(=O)C1(c2ccccc2)CC1. The predicted molar refractivity (Wildman–Crippen MR) is 101 cm³/mol. The first-order chi connectivity index (χ1) is 12.6. The summed E-state index contributed by atoms with van der Waals surface area (Å²) >= 11 is 3.38. The maximum absolute atomic E-state index is 13.3. The number of carbonyl (C=O) groups excluding carboxylic acids is 2. The van der Waals surface area contributed by atoms with Crippen LogP contribution in [-0.2, 0) is 21.4 Å². The van der Waals surface area contributed by atoms with E-state index in [0.29, 0.717) is 13.1 Å². The van der Waals surface area contributed by atoms with Crippen LogP contribution < -0.4 is 0 Å². The Morgan fingerprint density at radius 1 is 1.08 bits per heavy atom. The van der Waals surface area contributed by atoms with Gasteiger partial charge in [-0.2, -0.15) is 0 Å². The second-order valence-corrected chi connectivity index (χ2v) is 7.85. The highest BCUT2D eigenvalue weighted by Gasteiger charge is 2.54. The standard InChI is InChI=1S/C20H20BrN3O2/c21-17-11-15(13-22-14-17)12-18(25)23-9-4-10-24(23)19(26)20(7-8-20)16-5-2-1-3-6-16/h1-3,5-6,11,13-14H,4,7-10,12H2. The van der Waals surface area contributed by atoms with Gasteiger partial charge in [0.1, 0.15) is 0 Å². The lowest BCUT2D eigenvalue weighted by molar-refractivity contribution is -0.159. The third-order valence-electron chi connectivity index (χ3n) is 5.16. The molecule has 1 aromatic carbocycles. The molecular formula is C20H20BrN3O2. The van der Waals surface area contributed by atoms with Gasteiger partial charge in [0.25, 0.3) is 5.91 Å². The van der Waals surface area contributed by atoms with Gasteiger partial charge in [-0.25, -0.2) is 0 Å². The molecular weight excluding hydrogens is 394 g/mol. The van der Waals surface area contributed by atoms with E-state index in [1.165, 1.54) is 0 Å². The molecule has 6 heteroatoms. The van der Waals surface area contributed by atoms with E-state index in [1.54, 1.807) is 22.4 Å². The number of hydrogen-bond donors (Lipinski definition) is 0. The van der Waals surface area contributed by atoms with Crippen molar-refractivity contribution in [2.24, 2.45) is 0 Å². The minimum absolute atomic E-state index is 0.0559. The average molecular weight is 414 g/mol. The molecule has 0 bridgehead atoms. The van der Waals surface area contributed by atoms with Crippen molar-refractivity contribution in [1.29, 1.82) is 0 Å². The van der Waals surface area contributed by atoms with Crippen molar-refractivity contribution in [1.82, 2.24) is 15.0 Å². The van der Waals surface area contributed by atoms with E-state index in [9.17, 15) is 9.59 Å². The number of benzene rings is 1. The van der Waals surface area contributed by atoms with Crippen LogP contribution >= 0.6 is 15.9 Å². The molecule has 2 fully saturated rings. The topological polar surface area (TPSA) is 53.5 Å². The first-order valence-corrected chi connectivity index (χ1v) is 9.67. The molecule has 0 unspecified atom stereocenters. The molecule has 0 spiro atoms. The Balaban J connectivity index is 1.51. The molecule has 1 aliphatic heterocycles. The summed E-state index contributed by atoms with van der Waals surface area (Å²) < 4.78 is 0.846. The summed E-state index contributed by atoms with van der Waals surface area (Å²) in [6.07, 6.45) is 6.15. The summed E-state index contributed by atoms with van der Waals surface area (Å²) in [4.78, 5) is 30.2. The van der Waals surface area contributed by atoms with Crippen molar-refractivity contribution < 1.29 is 9.59 Å². The quantitative estimate of drug-likeness (QED) is 0.773. The third kappa shape index (κ3) is 3.14. The Hall–Kier alpha value is -2.21. The molecule has 4 rings (SSSR count). The number of pyridine rings is 1. The monoisotopic (exact) mass is 413 g/mol. The number of amides is 2. The molecule has 5 nitrogen and oxygen atoms in total. The van der Waals surface area contributed by atoms with E-state index >= 15 is 0 Å². The largest absolute Gasteiger partial charge is 0.273 e. The van der Waals surface area contributed by atoms with E-state index in [4.69, 9.17) is 0 Å². The van der Waals surface area contributed by atoms with E-state index in [2.05, 4.69) is 20.9 Å². The highest BCUT2D eigenvalue weighted by molar-refractivity contribution is 9.10. The fourth-order valence-corrected chi connectivity index (χ4v) is 4.07. The van der Waals surface area contributed by atoms with Gasteiger partial charge >= 0.3 is 0 Å². The maximum atomic E-state index is 13.3. The van der Waals surface area contributed by atoms with Crippen LogP contribution in [0.2, 0.25) is 0 Å². The van der Waals surface area contributed by atoms with Gasteiger partial charge in [0.05, 0.1) is 11.8 Å². The summed E-state index contributed by atoms with van der Waals surface area (Å²) in [6.45, 7) is 1.20. The number of nitrogens with zero attached hydrogens (tertiary/aromatic N) is 3. The van der Waals surface area contributed by atoms with Crippen LogP contribution in [0.25, 0.3) is 0 Å². The van der Waals surface area contributed by atoms with Gasteiger partial charge < -0.3 is 0 Å². The van der Waals surface area contributed by atoms with Gasteiger partial charge in [0, 0.05) is 30.0 Å². The molecule has 1 aliphatic carbocycles. The van der Waals surface area contributed by atoms with Crippen molar-refractivity contribution in [3.8, 4) is 0 Å². The number of rotatable bonds is 4. The molecule has 0 atom stereocenters. The molecule has 26 heavy (non-hydrogen) atoms. The highest BCUT2D eigenvalue weighted by atomic mass is 79.9. The van der Waals surface area contributed by atoms with Crippen LogP contribution in [0.1, 0.15) is 30.4 Å². The molecule has 1 saturated carbocycles. The molecule has 134 valence electrons. The summed E-state index contributed by atoms with van der Waals surface area (Å²) in [5, 5.41) is 3.31. The van der Waals surface area contributed by atoms with E-state index < -0.39 is 5.41 Å². The van der Waals surface area contributed by atoms with Crippen LogP contribution in [0.4, 0.5) is 0 Å². The lowest BCUT2D eigenvalue weighted by atomic mass is 9.95. The zero-order valence-electron chi connectivity index (χ0n) is 14.4. The molecule has 0 N–H and O–H groups in total. The van der Waals surface area contributed by atoms with Gasteiger partial charge in [0.2, 0.25) is 5.91 Å². The number of halogens is 1. The van der Waals surface area contributed by atoms with Gasteiger partial charge in [-0.1, -0.05) is 30.3 Å². The molecule has 1 aromatic heterocycles. The molecule has 2 aromatic rings. The van der Waals surface area contributed by atoms with Crippen LogP contribution in [0.15, 0.2) is 53.3 Å². The number of hydrazine groups is 1. The number of carbonyl (C=O) groups is 2. The lowest BCUT2D eigenvalue weighted by Gasteiger charge is -2.31. The van der Waals surface area contributed by atoms with Crippen LogP contribution in [0.5, 0.6) is 0 Å². The first-order valence-electron chi connectivity index (χ1n) is 8.87. The fraction of sp³-hybridized carbons (Fsp3) is 0.350. The van der Waals surface area contributed by atoms with Crippen LogP contribution in [0, 0.1) is 0 Å². The second-order valence-electron chi connectivity index (χ2n) is 6.94. The first kappa shape index (κ1) is 17.2. The van der Waals surface area contributed by atoms with Gasteiger partial charge in [-0.05, 0) is 52.4 Å². The number of aromatic nitrogens is 1. The summed E-state index contributed by atoms with van der Waals surface area (Å²) in [5.41, 5.74) is 1.45. The predicted octanol–water partition coefficient (Wildman–Crippen LogP) is 3.09. The maximum Gasteiger partial charge on any atom is 0.251 e. The second kappa shape index (κ2) is 6.83. The molecule has 2 heterocycles. The summed E-state index contributed by atoms with van der Waals surface area (Å²) in [5.74, 6) is 0.00142. The lowest BCUT2D eigenvalue weighted by Crippen LogP contribution is -2.49. The van der Waals surface area contributed by atoms with Gasteiger partial charge in [0.15, 0.2) is 0 Å². The van der Waals surface area contributed by atoms with E-state index in [-0.39, 0.29) is 18.2 Å². The third-order valence-corrected chi connectivity index (χ3v) is 5.59. The van der Waals surface area contributed by atoms with Crippen molar-refractivity contribution in [3.05, 3.63) is 64.4 Å². The van der Waals surface area contributed by atoms with Gasteiger partial charge in [-0.15, -0.1) is 0 Å². The molecule has 2 aliphatic rings. The van der Waals surface area contributed by atoms with E-state index in [1.807, 2.05) is 36.4 Å². The molecule has 2 amide bonds. The number of hydrogen-bond acceptors (Lipinski definition) is 3. The Morgan fingerprint density at radius 3 is 2.50 bits per heavy atom. The normalized spacial score (nSPS) is 18.0. The van der Waals surface area contributed by atoms with Crippen molar-refractivity contribution >= 4 is 27.7 Å². The Labute approximate surface area is 161 Å². The highest BCUT2D eigenvalue weighted by Crippen LogP contribution is 2.50. The minimum atomic E-state index is -0.443. The Bertz CT molecular complexity index is 836.